The summed E-state index contributed by atoms with van der Waals surface area (Å²) in [6.07, 6.45) is 0.325. The summed E-state index contributed by atoms with van der Waals surface area (Å²) in [5, 5.41) is 0. The number of esters is 2. The highest BCUT2D eigenvalue weighted by molar-refractivity contribution is 6.12. The normalized spacial score (nSPS) is 32.1. The Balaban J connectivity index is 2.27. The zero-order valence-corrected chi connectivity index (χ0v) is 11.6. The van der Waals surface area contributed by atoms with Gasteiger partial charge in [-0.3, -0.25) is 19.2 Å². The summed E-state index contributed by atoms with van der Waals surface area (Å²) in [6, 6.07) is 0. The number of ketones is 2. The quantitative estimate of drug-likeness (QED) is 0.552. The first kappa shape index (κ1) is 14.7. The van der Waals surface area contributed by atoms with E-state index >= 15 is 0 Å². The summed E-state index contributed by atoms with van der Waals surface area (Å²) in [4.78, 5) is 47.8. The molecule has 0 radical (unpaired) electrons. The van der Waals surface area contributed by atoms with Crippen LogP contribution < -0.4 is 0 Å². The second kappa shape index (κ2) is 5.73. The maximum atomic E-state index is 12.3. The van der Waals surface area contributed by atoms with Crippen molar-refractivity contribution in [3.63, 3.8) is 0 Å². The summed E-state index contributed by atoms with van der Waals surface area (Å²) in [6.45, 7) is 3.63. The van der Waals surface area contributed by atoms with Gasteiger partial charge in [0.1, 0.15) is 17.6 Å². The summed E-state index contributed by atoms with van der Waals surface area (Å²) in [7, 11) is 0. The van der Waals surface area contributed by atoms with Crippen LogP contribution in [0.25, 0.3) is 0 Å². The lowest BCUT2D eigenvalue weighted by molar-refractivity contribution is -0.155. The van der Waals surface area contributed by atoms with Crippen molar-refractivity contribution in [3.8, 4) is 0 Å². The van der Waals surface area contributed by atoms with Gasteiger partial charge in [-0.1, -0.05) is 0 Å². The molecule has 4 atom stereocenters. The first-order valence-electron chi connectivity index (χ1n) is 6.89. The van der Waals surface area contributed by atoms with Gasteiger partial charge < -0.3 is 9.47 Å². The van der Waals surface area contributed by atoms with E-state index in [1.807, 2.05) is 0 Å². The lowest BCUT2D eigenvalue weighted by Gasteiger charge is -2.14. The topological polar surface area (TPSA) is 86.7 Å². The molecule has 20 heavy (non-hydrogen) atoms. The molecule has 2 aliphatic carbocycles. The van der Waals surface area contributed by atoms with Gasteiger partial charge in [-0.2, -0.15) is 0 Å². The van der Waals surface area contributed by atoms with Gasteiger partial charge in [-0.25, -0.2) is 0 Å². The zero-order chi connectivity index (χ0) is 14.9. The fraction of sp³-hybridized carbons (Fsp3) is 0.714. The van der Waals surface area contributed by atoms with Gasteiger partial charge in [0, 0.05) is 12.8 Å². The Bertz CT molecular complexity index is 417. The molecule has 0 heterocycles. The van der Waals surface area contributed by atoms with Crippen LogP contribution in [-0.4, -0.2) is 36.7 Å². The van der Waals surface area contributed by atoms with Gasteiger partial charge in [0.2, 0.25) is 0 Å². The van der Waals surface area contributed by atoms with Crippen molar-refractivity contribution in [1.29, 1.82) is 0 Å². The molecular formula is C14H18O6. The Kier molecular flexibility index (Phi) is 4.20. The molecule has 2 rings (SSSR count). The molecule has 2 fully saturated rings. The number of Topliss-reactive ketones (excluding diaryl/α,β-unsaturated/α-hetero) is 2. The second-order valence-electron chi connectivity index (χ2n) is 5.14. The van der Waals surface area contributed by atoms with E-state index < -0.39 is 41.4 Å². The maximum Gasteiger partial charge on any atom is 0.316 e. The van der Waals surface area contributed by atoms with Crippen molar-refractivity contribution in [3.05, 3.63) is 0 Å². The Hall–Kier alpha value is -1.72. The molecule has 0 aromatic heterocycles. The fourth-order valence-corrected chi connectivity index (χ4v) is 3.30. The van der Waals surface area contributed by atoms with E-state index in [0.29, 0.717) is 0 Å². The molecule has 2 aliphatic rings. The molecule has 0 bridgehead atoms. The van der Waals surface area contributed by atoms with Gasteiger partial charge in [0.15, 0.2) is 5.78 Å². The number of hydrogen-bond donors (Lipinski definition) is 0. The van der Waals surface area contributed by atoms with Gasteiger partial charge in [0.05, 0.1) is 13.2 Å². The van der Waals surface area contributed by atoms with Crippen LogP contribution in [0.5, 0.6) is 0 Å². The molecule has 0 saturated heterocycles. The van der Waals surface area contributed by atoms with E-state index in [2.05, 4.69) is 0 Å². The first-order valence-corrected chi connectivity index (χ1v) is 6.89. The van der Waals surface area contributed by atoms with Crippen LogP contribution in [0.4, 0.5) is 0 Å². The minimum Gasteiger partial charge on any atom is -0.465 e. The van der Waals surface area contributed by atoms with E-state index in [1.54, 1.807) is 13.8 Å². The average molecular weight is 282 g/mol. The predicted molar refractivity (Wildman–Crippen MR) is 66.5 cm³/mol. The van der Waals surface area contributed by atoms with Crippen LogP contribution in [0.15, 0.2) is 0 Å². The summed E-state index contributed by atoms with van der Waals surface area (Å²) in [5.41, 5.74) is 0. The van der Waals surface area contributed by atoms with Crippen molar-refractivity contribution in [2.45, 2.75) is 26.7 Å². The minimum absolute atomic E-state index is 0.0175. The minimum atomic E-state index is -0.999. The number of carbonyl (C=O) groups is 4. The average Bonchev–Trinajstić information content (AvgIpc) is 2.83. The van der Waals surface area contributed by atoms with Crippen LogP contribution in [0, 0.1) is 23.7 Å². The highest BCUT2D eigenvalue weighted by atomic mass is 16.5. The standard InChI is InChI=1S/C14H18O6/c1-3-19-13(17)10-8-5-7(15)6-9(8)11(12(10)16)14(18)20-4-2/h8-11H,3-6H2,1-2H3. The van der Waals surface area contributed by atoms with Crippen LogP contribution in [0.1, 0.15) is 26.7 Å². The van der Waals surface area contributed by atoms with E-state index in [0.717, 1.165) is 0 Å². The van der Waals surface area contributed by atoms with Crippen LogP contribution in [0.3, 0.4) is 0 Å². The van der Waals surface area contributed by atoms with Crippen molar-refractivity contribution >= 4 is 23.5 Å². The SMILES string of the molecule is CCOC(=O)C1C(=O)C(C(=O)OCC)C2CC(=O)CC12. The molecule has 0 spiro atoms. The van der Waals surface area contributed by atoms with Gasteiger partial charge >= 0.3 is 11.9 Å². The third-order valence-corrected chi connectivity index (χ3v) is 4.03. The van der Waals surface area contributed by atoms with Gasteiger partial charge in [-0.15, -0.1) is 0 Å². The second-order valence-corrected chi connectivity index (χ2v) is 5.14. The van der Waals surface area contributed by atoms with Crippen LogP contribution in [-0.2, 0) is 28.7 Å². The Morgan fingerprint density at radius 2 is 1.35 bits per heavy atom. The number of carbonyl (C=O) groups excluding carboxylic acids is 4. The van der Waals surface area contributed by atoms with Crippen molar-refractivity contribution in [2.75, 3.05) is 13.2 Å². The van der Waals surface area contributed by atoms with Crippen molar-refractivity contribution in [2.24, 2.45) is 23.7 Å². The molecule has 2 saturated carbocycles. The molecule has 0 N–H and O–H groups in total. The van der Waals surface area contributed by atoms with Crippen LogP contribution >= 0.6 is 0 Å². The highest BCUT2D eigenvalue weighted by Crippen LogP contribution is 2.48. The first-order chi connectivity index (χ1) is 9.51. The third-order valence-electron chi connectivity index (χ3n) is 4.03. The zero-order valence-electron chi connectivity index (χ0n) is 11.6. The third kappa shape index (κ3) is 2.34. The Labute approximate surface area is 116 Å². The number of rotatable bonds is 4. The number of ether oxygens (including phenoxy) is 2. The Morgan fingerprint density at radius 3 is 1.70 bits per heavy atom. The fourth-order valence-electron chi connectivity index (χ4n) is 3.30. The number of fused-ring (bicyclic) bond motifs is 1. The lowest BCUT2D eigenvalue weighted by atomic mass is 9.90. The highest BCUT2D eigenvalue weighted by Gasteiger charge is 2.60. The maximum absolute atomic E-state index is 12.3. The van der Waals surface area contributed by atoms with E-state index in [4.69, 9.17) is 9.47 Å². The van der Waals surface area contributed by atoms with Crippen molar-refractivity contribution < 1.29 is 28.7 Å². The molecule has 0 aliphatic heterocycles. The molecule has 6 heteroatoms. The Morgan fingerprint density at radius 1 is 0.950 bits per heavy atom. The molecule has 0 amide bonds. The number of hydrogen-bond acceptors (Lipinski definition) is 6. The molecule has 110 valence electrons. The lowest BCUT2D eigenvalue weighted by Crippen LogP contribution is -2.32. The van der Waals surface area contributed by atoms with Gasteiger partial charge in [0.25, 0.3) is 0 Å². The molecule has 6 nitrogen and oxygen atoms in total. The molecule has 0 aromatic rings. The summed E-state index contributed by atoms with van der Waals surface area (Å²) < 4.78 is 9.81. The molecule has 0 aromatic carbocycles. The van der Waals surface area contributed by atoms with Crippen molar-refractivity contribution in [1.82, 2.24) is 0 Å². The van der Waals surface area contributed by atoms with Crippen LogP contribution in [0.2, 0.25) is 0 Å². The molecular weight excluding hydrogens is 264 g/mol. The largest absolute Gasteiger partial charge is 0.465 e. The summed E-state index contributed by atoms with van der Waals surface area (Å²) >= 11 is 0. The van der Waals surface area contributed by atoms with E-state index in [-0.39, 0.29) is 31.8 Å². The van der Waals surface area contributed by atoms with Gasteiger partial charge in [-0.05, 0) is 25.7 Å². The monoisotopic (exact) mass is 282 g/mol. The molecule has 4 unspecified atom stereocenters. The predicted octanol–water partition coefficient (Wildman–Crippen LogP) is 0.523. The summed E-state index contributed by atoms with van der Waals surface area (Å²) in [5.74, 6) is -4.56. The smallest absolute Gasteiger partial charge is 0.316 e. The van der Waals surface area contributed by atoms with E-state index in [9.17, 15) is 19.2 Å². The van der Waals surface area contributed by atoms with E-state index in [1.165, 1.54) is 0 Å².